The maximum atomic E-state index is 6.14. The zero-order valence-corrected chi connectivity index (χ0v) is 13.9. The first-order chi connectivity index (χ1) is 10.2. The Morgan fingerprint density at radius 1 is 1.29 bits per heavy atom. The second-order valence-electron chi connectivity index (χ2n) is 7.18. The van der Waals surface area contributed by atoms with Crippen molar-refractivity contribution in [1.82, 2.24) is 5.32 Å². The summed E-state index contributed by atoms with van der Waals surface area (Å²) < 4.78 is 0. The summed E-state index contributed by atoms with van der Waals surface area (Å²) in [6, 6.07) is 8.42. The highest BCUT2D eigenvalue weighted by Gasteiger charge is 2.39. The van der Waals surface area contributed by atoms with E-state index in [0.29, 0.717) is 0 Å². The van der Waals surface area contributed by atoms with E-state index < -0.39 is 0 Å². The molecule has 0 saturated heterocycles. The fourth-order valence-corrected chi connectivity index (χ4v) is 4.89. The van der Waals surface area contributed by atoms with Gasteiger partial charge in [0.25, 0.3) is 0 Å². The summed E-state index contributed by atoms with van der Waals surface area (Å²) in [6.07, 6.45) is 8.61. The highest BCUT2D eigenvalue weighted by atomic mass is 35.5. The molecule has 0 heterocycles. The molecule has 0 amide bonds. The van der Waals surface area contributed by atoms with Gasteiger partial charge in [-0.05, 0) is 86.6 Å². The first kappa shape index (κ1) is 15.4. The lowest BCUT2D eigenvalue weighted by Crippen LogP contribution is -2.27. The molecule has 3 rings (SSSR count). The third-order valence-electron chi connectivity index (χ3n) is 5.62. The van der Waals surface area contributed by atoms with Crippen molar-refractivity contribution < 1.29 is 0 Å². The second kappa shape index (κ2) is 7.15. The summed E-state index contributed by atoms with van der Waals surface area (Å²) in [5.74, 6) is 3.85. The van der Waals surface area contributed by atoms with E-state index in [9.17, 15) is 0 Å². The first-order valence-corrected chi connectivity index (χ1v) is 9.07. The lowest BCUT2D eigenvalue weighted by molar-refractivity contribution is 0.262. The number of halogens is 1. The largest absolute Gasteiger partial charge is 0.317 e. The van der Waals surface area contributed by atoms with Crippen LogP contribution in [0.15, 0.2) is 24.3 Å². The van der Waals surface area contributed by atoms with Crippen molar-refractivity contribution in [3.8, 4) is 0 Å². The van der Waals surface area contributed by atoms with Crippen LogP contribution < -0.4 is 5.32 Å². The predicted molar refractivity (Wildman–Crippen MR) is 90.7 cm³/mol. The highest BCUT2D eigenvalue weighted by molar-refractivity contribution is 6.30. The summed E-state index contributed by atoms with van der Waals surface area (Å²) >= 11 is 6.14. The Labute approximate surface area is 134 Å². The van der Waals surface area contributed by atoms with Gasteiger partial charge in [-0.2, -0.15) is 0 Å². The van der Waals surface area contributed by atoms with Crippen molar-refractivity contribution in [2.45, 2.75) is 45.4 Å². The molecule has 2 fully saturated rings. The zero-order valence-electron chi connectivity index (χ0n) is 13.2. The average Bonchev–Trinajstić information content (AvgIpc) is 3.07. The van der Waals surface area contributed by atoms with Crippen LogP contribution in [0.3, 0.4) is 0 Å². The standard InChI is InChI=1S/C19H28ClN/c1-2-21-13-16(8-14-4-3-5-19(20)12-14)11-18-10-15-6-7-17(18)9-15/h3-5,12,15-18,21H,2,6-11,13H2,1H3. The molecule has 0 radical (unpaired) electrons. The maximum absolute atomic E-state index is 6.14. The Bertz CT molecular complexity index is 459. The van der Waals surface area contributed by atoms with Gasteiger partial charge in [0.2, 0.25) is 0 Å². The molecular weight excluding hydrogens is 278 g/mol. The van der Waals surface area contributed by atoms with Crippen LogP contribution in [0.5, 0.6) is 0 Å². The molecule has 2 aliphatic rings. The van der Waals surface area contributed by atoms with E-state index in [2.05, 4.69) is 30.4 Å². The SMILES string of the molecule is CCNCC(Cc1cccc(Cl)c1)CC1CC2CCC1C2. The van der Waals surface area contributed by atoms with Gasteiger partial charge in [-0.1, -0.05) is 37.1 Å². The summed E-state index contributed by atoms with van der Waals surface area (Å²) in [4.78, 5) is 0. The van der Waals surface area contributed by atoms with Crippen LogP contribution in [0.4, 0.5) is 0 Å². The maximum Gasteiger partial charge on any atom is 0.0408 e. The van der Waals surface area contributed by atoms with E-state index in [-0.39, 0.29) is 0 Å². The fraction of sp³-hybridized carbons (Fsp3) is 0.684. The summed E-state index contributed by atoms with van der Waals surface area (Å²) in [5, 5.41) is 4.44. The molecule has 1 aromatic rings. The van der Waals surface area contributed by atoms with Crippen LogP contribution in [0.1, 0.15) is 44.6 Å². The number of hydrogen-bond donors (Lipinski definition) is 1. The number of fused-ring (bicyclic) bond motifs is 2. The molecule has 0 aromatic heterocycles. The van der Waals surface area contributed by atoms with E-state index in [1.807, 2.05) is 6.07 Å². The number of nitrogens with one attached hydrogen (secondary N) is 1. The third-order valence-corrected chi connectivity index (χ3v) is 5.85. The Morgan fingerprint density at radius 2 is 2.19 bits per heavy atom. The van der Waals surface area contributed by atoms with E-state index in [1.54, 1.807) is 0 Å². The monoisotopic (exact) mass is 305 g/mol. The minimum atomic E-state index is 0.757. The molecule has 0 spiro atoms. The lowest BCUT2D eigenvalue weighted by atomic mass is 9.80. The highest BCUT2D eigenvalue weighted by Crippen LogP contribution is 2.50. The Kier molecular flexibility index (Phi) is 5.24. The topological polar surface area (TPSA) is 12.0 Å². The van der Waals surface area contributed by atoms with Crippen molar-refractivity contribution >= 4 is 11.6 Å². The van der Waals surface area contributed by atoms with Gasteiger partial charge in [-0.3, -0.25) is 0 Å². The van der Waals surface area contributed by atoms with Crippen LogP contribution in [-0.4, -0.2) is 13.1 Å². The lowest BCUT2D eigenvalue weighted by Gasteiger charge is -2.27. The number of benzene rings is 1. The molecule has 2 aliphatic carbocycles. The second-order valence-corrected chi connectivity index (χ2v) is 7.61. The minimum Gasteiger partial charge on any atom is -0.317 e. The molecular formula is C19H28ClN. The predicted octanol–water partition coefficient (Wildman–Crippen LogP) is 4.93. The molecule has 2 saturated carbocycles. The Morgan fingerprint density at radius 3 is 2.86 bits per heavy atom. The molecule has 2 bridgehead atoms. The zero-order chi connectivity index (χ0) is 14.7. The number of hydrogen-bond acceptors (Lipinski definition) is 1. The Hall–Kier alpha value is -0.530. The van der Waals surface area contributed by atoms with Crippen molar-refractivity contribution in [2.24, 2.45) is 23.7 Å². The van der Waals surface area contributed by atoms with E-state index >= 15 is 0 Å². The summed E-state index contributed by atoms with van der Waals surface area (Å²) in [7, 11) is 0. The quantitative estimate of drug-likeness (QED) is 0.753. The molecule has 1 aromatic carbocycles. The molecule has 4 unspecified atom stereocenters. The molecule has 21 heavy (non-hydrogen) atoms. The van der Waals surface area contributed by atoms with Gasteiger partial charge in [0, 0.05) is 5.02 Å². The van der Waals surface area contributed by atoms with Gasteiger partial charge >= 0.3 is 0 Å². The molecule has 2 heteroatoms. The minimum absolute atomic E-state index is 0.757. The van der Waals surface area contributed by atoms with Gasteiger partial charge in [0.1, 0.15) is 0 Å². The first-order valence-electron chi connectivity index (χ1n) is 8.69. The van der Waals surface area contributed by atoms with Crippen molar-refractivity contribution in [2.75, 3.05) is 13.1 Å². The molecule has 4 atom stereocenters. The van der Waals surface area contributed by atoms with Crippen LogP contribution in [0, 0.1) is 23.7 Å². The number of rotatable bonds is 7. The van der Waals surface area contributed by atoms with E-state index in [0.717, 1.165) is 41.8 Å². The van der Waals surface area contributed by atoms with Crippen LogP contribution in [0.2, 0.25) is 5.02 Å². The van der Waals surface area contributed by atoms with Crippen molar-refractivity contribution in [1.29, 1.82) is 0 Å². The van der Waals surface area contributed by atoms with Crippen molar-refractivity contribution in [3.63, 3.8) is 0 Å². The van der Waals surface area contributed by atoms with Crippen LogP contribution >= 0.6 is 11.6 Å². The smallest absolute Gasteiger partial charge is 0.0408 e. The average molecular weight is 306 g/mol. The molecule has 116 valence electrons. The molecule has 1 nitrogen and oxygen atoms in total. The molecule has 1 N–H and O–H groups in total. The van der Waals surface area contributed by atoms with Gasteiger partial charge in [-0.25, -0.2) is 0 Å². The van der Waals surface area contributed by atoms with Crippen LogP contribution in [-0.2, 0) is 6.42 Å². The summed E-state index contributed by atoms with van der Waals surface area (Å²) in [5.41, 5.74) is 1.40. The van der Waals surface area contributed by atoms with Gasteiger partial charge in [0.05, 0.1) is 0 Å². The van der Waals surface area contributed by atoms with E-state index in [4.69, 9.17) is 11.6 Å². The van der Waals surface area contributed by atoms with Crippen molar-refractivity contribution in [3.05, 3.63) is 34.9 Å². The van der Waals surface area contributed by atoms with E-state index in [1.165, 1.54) is 44.1 Å². The fourth-order valence-electron chi connectivity index (χ4n) is 4.68. The van der Waals surface area contributed by atoms with Gasteiger partial charge < -0.3 is 5.32 Å². The molecule has 0 aliphatic heterocycles. The Balaban J connectivity index is 1.60. The normalized spacial score (nSPS) is 29.0. The summed E-state index contributed by atoms with van der Waals surface area (Å²) in [6.45, 7) is 4.42. The van der Waals surface area contributed by atoms with Crippen LogP contribution in [0.25, 0.3) is 0 Å². The third kappa shape index (κ3) is 4.02. The van der Waals surface area contributed by atoms with Gasteiger partial charge in [-0.15, -0.1) is 0 Å². The van der Waals surface area contributed by atoms with Gasteiger partial charge in [0.15, 0.2) is 0 Å².